The van der Waals surface area contributed by atoms with Gasteiger partial charge in [-0.25, -0.2) is 4.98 Å². The van der Waals surface area contributed by atoms with E-state index in [2.05, 4.69) is 9.97 Å². The normalized spacial score (nSPS) is 12.7. The standard InChI is InChI=1S/C11H12N2OS/c1-8(7-14)10-6-13-11(15-10)9-2-4-12-5-3-9/h2-6,8,14H,7H2,1H3. The lowest BCUT2D eigenvalue weighted by atomic mass is 10.2. The number of hydrogen-bond donors (Lipinski definition) is 1. The molecule has 0 aliphatic rings. The molecule has 0 amide bonds. The van der Waals surface area contributed by atoms with E-state index in [1.807, 2.05) is 25.3 Å². The number of aliphatic hydroxyl groups is 1. The van der Waals surface area contributed by atoms with Gasteiger partial charge in [-0.15, -0.1) is 11.3 Å². The number of aliphatic hydroxyl groups excluding tert-OH is 1. The average molecular weight is 220 g/mol. The van der Waals surface area contributed by atoms with Gasteiger partial charge in [0.25, 0.3) is 0 Å². The molecule has 0 radical (unpaired) electrons. The minimum absolute atomic E-state index is 0.165. The molecule has 3 nitrogen and oxygen atoms in total. The highest BCUT2D eigenvalue weighted by Crippen LogP contribution is 2.28. The van der Waals surface area contributed by atoms with Gasteiger partial charge in [-0.2, -0.15) is 0 Å². The minimum Gasteiger partial charge on any atom is -0.396 e. The van der Waals surface area contributed by atoms with Crippen LogP contribution in [0, 0.1) is 0 Å². The van der Waals surface area contributed by atoms with Crippen molar-refractivity contribution < 1.29 is 5.11 Å². The van der Waals surface area contributed by atoms with Gasteiger partial charge in [0, 0.05) is 34.9 Å². The summed E-state index contributed by atoms with van der Waals surface area (Å²) < 4.78 is 0. The van der Waals surface area contributed by atoms with Gasteiger partial charge in [0.05, 0.1) is 6.61 Å². The molecule has 1 unspecified atom stereocenters. The van der Waals surface area contributed by atoms with Gasteiger partial charge in [-0.1, -0.05) is 6.92 Å². The monoisotopic (exact) mass is 220 g/mol. The van der Waals surface area contributed by atoms with Crippen LogP contribution in [0.3, 0.4) is 0 Å². The van der Waals surface area contributed by atoms with Crippen molar-refractivity contribution in [1.29, 1.82) is 0 Å². The molecule has 0 aliphatic carbocycles. The first-order valence-electron chi connectivity index (χ1n) is 4.78. The Kier molecular flexibility index (Phi) is 3.08. The van der Waals surface area contributed by atoms with Crippen molar-refractivity contribution in [3.63, 3.8) is 0 Å². The quantitative estimate of drug-likeness (QED) is 0.863. The molecule has 0 spiro atoms. The predicted molar refractivity (Wildman–Crippen MR) is 60.8 cm³/mol. The summed E-state index contributed by atoms with van der Waals surface area (Å²) in [5.41, 5.74) is 1.08. The van der Waals surface area contributed by atoms with Gasteiger partial charge < -0.3 is 5.11 Å². The molecule has 0 bridgehead atoms. The second kappa shape index (κ2) is 4.51. The van der Waals surface area contributed by atoms with E-state index in [4.69, 9.17) is 5.11 Å². The summed E-state index contributed by atoms with van der Waals surface area (Å²) in [5.74, 6) is 0.165. The summed E-state index contributed by atoms with van der Waals surface area (Å²) in [6.45, 7) is 2.15. The van der Waals surface area contributed by atoms with Crippen molar-refractivity contribution in [2.75, 3.05) is 6.61 Å². The van der Waals surface area contributed by atoms with E-state index in [0.29, 0.717) is 0 Å². The summed E-state index contributed by atoms with van der Waals surface area (Å²) in [4.78, 5) is 9.42. The zero-order valence-corrected chi connectivity index (χ0v) is 9.24. The van der Waals surface area contributed by atoms with E-state index in [0.717, 1.165) is 15.4 Å². The molecule has 1 atom stereocenters. The van der Waals surface area contributed by atoms with Gasteiger partial charge in [0.2, 0.25) is 0 Å². The molecular weight excluding hydrogens is 208 g/mol. The SMILES string of the molecule is CC(CO)c1cnc(-c2ccncc2)s1. The molecule has 2 aromatic rings. The van der Waals surface area contributed by atoms with Crippen molar-refractivity contribution in [3.8, 4) is 10.6 Å². The molecule has 15 heavy (non-hydrogen) atoms. The van der Waals surface area contributed by atoms with Crippen LogP contribution < -0.4 is 0 Å². The maximum absolute atomic E-state index is 9.04. The molecular formula is C11H12N2OS. The van der Waals surface area contributed by atoms with Crippen LogP contribution in [-0.4, -0.2) is 21.7 Å². The lowest BCUT2D eigenvalue weighted by molar-refractivity contribution is 0.274. The van der Waals surface area contributed by atoms with Crippen molar-refractivity contribution in [3.05, 3.63) is 35.6 Å². The molecule has 0 saturated heterocycles. The zero-order valence-electron chi connectivity index (χ0n) is 8.42. The fourth-order valence-electron chi connectivity index (χ4n) is 1.23. The molecule has 0 fully saturated rings. The Morgan fingerprint density at radius 2 is 2.13 bits per heavy atom. The summed E-state index contributed by atoms with van der Waals surface area (Å²) in [6.07, 6.45) is 5.35. The number of thiazole rings is 1. The van der Waals surface area contributed by atoms with E-state index in [1.165, 1.54) is 0 Å². The van der Waals surface area contributed by atoms with Crippen LogP contribution in [0.4, 0.5) is 0 Å². The molecule has 0 aromatic carbocycles. The van der Waals surface area contributed by atoms with Crippen molar-refractivity contribution in [2.24, 2.45) is 0 Å². The Morgan fingerprint density at radius 3 is 2.80 bits per heavy atom. The number of pyridine rings is 1. The van der Waals surface area contributed by atoms with E-state index in [1.54, 1.807) is 23.7 Å². The summed E-state index contributed by atoms with van der Waals surface area (Å²) in [5, 5.41) is 10.0. The second-order valence-corrected chi connectivity index (χ2v) is 4.45. The average Bonchev–Trinajstić information content (AvgIpc) is 2.78. The molecule has 2 aromatic heterocycles. The van der Waals surface area contributed by atoms with E-state index >= 15 is 0 Å². The van der Waals surface area contributed by atoms with Crippen molar-refractivity contribution in [2.45, 2.75) is 12.8 Å². The van der Waals surface area contributed by atoms with Gasteiger partial charge in [0.1, 0.15) is 5.01 Å². The van der Waals surface area contributed by atoms with E-state index in [9.17, 15) is 0 Å². The number of aromatic nitrogens is 2. The van der Waals surface area contributed by atoms with Gasteiger partial charge in [-0.05, 0) is 12.1 Å². The third kappa shape index (κ3) is 2.22. The Balaban J connectivity index is 2.28. The van der Waals surface area contributed by atoms with Gasteiger partial charge in [0.15, 0.2) is 0 Å². The highest BCUT2D eigenvalue weighted by atomic mass is 32.1. The minimum atomic E-state index is 0.165. The topological polar surface area (TPSA) is 46.0 Å². The molecule has 4 heteroatoms. The first-order valence-corrected chi connectivity index (χ1v) is 5.60. The van der Waals surface area contributed by atoms with Crippen LogP contribution in [0.1, 0.15) is 17.7 Å². The summed E-state index contributed by atoms with van der Waals surface area (Å²) in [7, 11) is 0. The predicted octanol–water partition coefficient (Wildman–Crippen LogP) is 2.30. The number of nitrogens with zero attached hydrogens (tertiary/aromatic N) is 2. The van der Waals surface area contributed by atoms with Crippen LogP contribution in [0.5, 0.6) is 0 Å². The maximum atomic E-state index is 9.04. The molecule has 0 saturated carbocycles. The van der Waals surface area contributed by atoms with Crippen LogP contribution in [-0.2, 0) is 0 Å². The summed E-state index contributed by atoms with van der Waals surface area (Å²) in [6, 6.07) is 3.87. The second-order valence-electron chi connectivity index (χ2n) is 3.39. The third-order valence-corrected chi connectivity index (χ3v) is 3.49. The van der Waals surface area contributed by atoms with Crippen LogP contribution in [0.15, 0.2) is 30.7 Å². The van der Waals surface area contributed by atoms with Crippen LogP contribution >= 0.6 is 11.3 Å². The highest BCUT2D eigenvalue weighted by Gasteiger charge is 2.09. The Labute approximate surface area is 92.5 Å². The summed E-state index contributed by atoms with van der Waals surface area (Å²) >= 11 is 1.62. The number of rotatable bonds is 3. The van der Waals surface area contributed by atoms with Crippen molar-refractivity contribution >= 4 is 11.3 Å². The van der Waals surface area contributed by atoms with Crippen LogP contribution in [0.25, 0.3) is 10.6 Å². The molecule has 1 N–H and O–H groups in total. The largest absolute Gasteiger partial charge is 0.396 e. The Hall–Kier alpha value is -1.26. The lowest BCUT2D eigenvalue weighted by Crippen LogP contribution is -1.94. The first-order chi connectivity index (χ1) is 7.31. The molecule has 0 aliphatic heterocycles. The van der Waals surface area contributed by atoms with E-state index in [-0.39, 0.29) is 12.5 Å². The van der Waals surface area contributed by atoms with Crippen LogP contribution in [0.2, 0.25) is 0 Å². The van der Waals surface area contributed by atoms with Gasteiger partial charge >= 0.3 is 0 Å². The molecule has 2 rings (SSSR count). The first kappa shape index (κ1) is 10.3. The third-order valence-electron chi connectivity index (χ3n) is 2.21. The zero-order chi connectivity index (χ0) is 10.7. The Bertz CT molecular complexity index is 427. The fourth-order valence-corrected chi connectivity index (χ4v) is 2.20. The lowest BCUT2D eigenvalue weighted by Gasteiger charge is -2.01. The fraction of sp³-hybridized carbons (Fsp3) is 0.273. The highest BCUT2D eigenvalue weighted by molar-refractivity contribution is 7.15. The molecule has 2 heterocycles. The van der Waals surface area contributed by atoms with Crippen molar-refractivity contribution in [1.82, 2.24) is 9.97 Å². The Morgan fingerprint density at radius 1 is 1.40 bits per heavy atom. The molecule has 78 valence electrons. The smallest absolute Gasteiger partial charge is 0.123 e. The maximum Gasteiger partial charge on any atom is 0.123 e. The number of hydrogen-bond acceptors (Lipinski definition) is 4. The van der Waals surface area contributed by atoms with Gasteiger partial charge in [-0.3, -0.25) is 4.98 Å². The van der Waals surface area contributed by atoms with E-state index < -0.39 is 0 Å².